The number of aliphatic hydroxyl groups is 1. The van der Waals surface area contributed by atoms with Gasteiger partial charge in [-0.1, -0.05) is 17.7 Å². The Kier molecular flexibility index (Phi) is 4.77. The average Bonchev–Trinajstić information content (AvgIpc) is 2.25. The summed E-state index contributed by atoms with van der Waals surface area (Å²) in [4.78, 5) is 4.34. The molecule has 0 aromatic heterocycles. The molecular formula is C13H22N2O. The van der Waals surface area contributed by atoms with Crippen molar-refractivity contribution in [3.8, 4) is 0 Å². The van der Waals surface area contributed by atoms with Crippen molar-refractivity contribution in [2.45, 2.75) is 13.5 Å². The van der Waals surface area contributed by atoms with Gasteiger partial charge >= 0.3 is 0 Å². The lowest BCUT2D eigenvalue weighted by atomic mass is 10.1. The van der Waals surface area contributed by atoms with Crippen LogP contribution in [0.15, 0.2) is 18.2 Å². The Balaban J connectivity index is 2.77. The Hall–Kier alpha value is -1.06. The Labute approximate surface area is 98.3 Å². The smallest absolute Gasteiger partial charge is 0.0702 e. The summed E-state index contributed by atoms with van der Waals surface area (Å²) >= 11 is 0. The molecule has 3 heteroatoms. The van der Waals surface area contributed by atoms with E-state index in [1.807, 2.05) is 13.0 Å². The Bertz CT molecular complexity index is 337. The Morgan fingerprint density at radius 3 is 2.38 bits per heavy atom. The molecule has 0 bridgehead atoms. The first-order chi connectivity index (χ1) is 7.54. The summed E-state index contributed by atoms with van der Waals surface area (Å²) in [5.74, 6) is 0. The van der Waals surface area contributed by atoms with E-state index in [-0.39, 0.29) is 6.61 Å². The predicted molar refractivity (Wildman–Crippen MR) is 68.9 cm³/mol. The summed E-state index contributed by atoms with van der Waals surface area (Å²) < 4.78 is 0. The summed E-state index contributed by atoms with van der Waals surface area (Å²) in [5, 5.41) is 9.33. The van der Waals surface area contributed by atoms with Crippen LogP contribution < -0.4 is 4.90 Å². The van der Waals surface area contributed by atoms with Gasteiger partial charge in [0.05, 0.1) is 6.61 Å². The van der Waals surface area contributed by atoms with Crippen molar-refractivity contribution < 1.29 is 5.11 Å². The van der Waals surface area contributed by atoms with Crippen LogP contribution in [-0.4, -0.2) is 44.2 Å². The van der Waals surface area contributed by atoms with Crippen LogP contribution in [-0.2, 0) is 6.61 Å². The minimum absolute atomic E-state index is 0.101. The molecule has 90 valence electrons. The number of aryl methyl sites for hydroxylation is 1. The molecule has 0 radical (unpaired) electrons. The van der Waals surface area contributed by atoms with Gasteiger partial charge in [0.1, 0.15) is 0 Å². The van der Waals surface area contributed by atoms with Crippen molar-refractivity contribution in [1.29, 1.82) is 0 Å². The second kappa shape index (κ2) is 5.87. The second-order valence-corrected chi connectivity index (χ2v) is 4.52. The molecule has 0 saturated heterocycles. The van der Waals surface area contributed by atoms with Gasteiger partial charge in [-0.3, -0.25) is 0 Å². The number of aliphatic hydroxyl groups excluding tert-OH is 1. The van der Waals surface area contributed by atoms with Gasteiger partial charge in [-0.2, -0.15) is 0 Å². The molecule has 0 fully saturated rings. The van der Waals surface area contributed by atoms with E-state index in [0.717, 1.165) is 24.3 Å². The highest BCUT2D eigenvalue weighted by Crippen LogP contribution is 2.20. The molecule has 0 aliphatic rings. The lowest BCUT2D eigenvalue weighted by Crippen LogP contribution is -2.29. The van der Waals surface area contributed by atoms with Gasteiger partial charge in [-0.25, -0.2) is 0 Å². The molecule has 1 rings (SSSR count). The van der Waals surface area contributed by atoms with Crippen molar-refractivity contribution in [3.63, 3.8) is 0 Å². The van der Waals surface area contributed by atoms with Crippen LogP contribution in [0.4, 0.5) is 5.69 Å². The van der Waals surface area contributed by atoms with Crippen molar-refractivity contribution in [2.75, 3.05) is 39.1 Å². The van der Waals surface area contributed by atoms with Gasteiger partial charge in [0.15, 0.2) is 0 Å². The van der Waals surface area contributed by atoms with Gasteiger partial charge in [-0.15, -0.1) is 0 Å². The van der Waals surface area contributed by atoms with Gasteiger partial charge < -0.3 is 14.9 Å². The fraction of sp³-hybridized carbons (Fsp3) is 0.538. The second-order valence-electron chi connectivity index (χ2n) is 4.52. The number of nitrogens with zero attached hydrogens (tertiary/aromatic N) is 2. The average molecular weight is 222 g/mol. The number of anilines is 1. The molecule has 0 aliphatic carbocycles. The molecule has 0 amide bonds. The molecule has 0 spiro atoms. The highest BCUT2D eigenvalue weighted by Gasteiger charge is 2.07. The number of hydrogen-bond donors (Lipinski definition) is 1. The van der Waals surface area contributed by atoms with Crippen LogP contribution in [0.25, 0.3) is 0 Å². The van der Waals surface area contributed by atoms with E-state index in [0.29, 0.717) is 0 Å². The zero-order chi connectivity index (χ0) is 12.1. The fourth-order valence-corrected chi connectivity index (χ4v) is 1.68. The van der Waals surface area contributed by atoms with Crippen LogP contribution in [0.1, 0.15) is 11.1 Å². The third kappa shape index (κ3) is 3.51. The first kappa shape index (κ1) is 13.0. The molecule has 0 heterocycles. The first-order valence-electron chi connectivity index (χ1n) is 5.61. The SMILES string of the molecule is Cc1ccc(N(C)CCN(C)C)c(CO)c1. The highest BCUT2D eigenvalue weighted by molar-refractivity contribution is 5.54. The molecule has 0 saturated carbocycles. The van der Waals surface area contributed by atoms with Gasteiger partial charge in [-0.05, 0) is 27.1 Å². The van der Waals surface area contributed by atoms with Crippen molar-refractivity contribution in [1.82, 2.24) is 4.90 Å². The summed E-state index contributed by atoms with van der Waals surface area (Å²) in [6, 6.07) is 6.21. The molecule has 0 atom stereocenters. The van der Waals surface area contributed by atoms with Crippen LogP contribution in [0.2, 0.25) is 0 Å². The molecule has 16 heavy (non-hydrogen) atoms. The fourth-order valence-electron chi connectivity index (χ4n) is 1.68. The molecule has 1 aromatic carbocycles. The van der Waals surface area contributed by atoms with E-state index in [1.54, 1.807) is 0 Å². The number of likely N-dealkylation sites (N-methyl/N-ethyl adjacent to an activating group) is 2. The normalized spacial score (nSPS) is 10.9. The largest absolute Gasteiger partial charge is 0.392 e. The van der Waals surface area contributed by atoms with E-state index in [9.17, 15) is 5.11 Å². The standard InChI is InChI=1S/C13H22N2O/c1-11-5-6-13(12(9-11)10-16)15(4)8-7-14(2)3/h5-6,9,16H,7-8,10H2,1-4H3. The third-order valence-corrected chi connectivity index (χ3v) is 2.70. The van der Waals surface area contributed by atoms with Crippen LogP contribution in [0, 0.1) is 6.92 Å². The molecule has 0 aliphatic heterocycles. The van der Waals surface area contributed by atoms with Gasteiger partial charge in [0.2, 0.25) is 0 Å². The van der Waals surface area contributed by atoms with Crippen molar-refractivity contribution >= 4 is 5.69 Å². The molecular weight excluding hydrogens is 200 g/mol. The van der Waals surface area contributed by atoms with E-state index in [1.165, 1.54) is 5.56 Å². The zero-order valence-electron chi connectivity index (χ0n) is 10.7. The van der Waals surface area contributed by atoms with Gasteiger partial charge in [0.25, 0.3) is 0 Å². The Morgan fingerprint density at radius 2 is 1.81 bits per heavy atom. The summed E-state index contributed by atoms with van der Waals surface area (Å²) in [6.45, 7) is 4.12. The molecule has 3 nitrogen and oxygen atoms in total. The number of hydrogen-bond acceptors (Lipinski definition) is 3. The minimum Gasteiger partial charge on any atom is -0.392 e. The van der Waals surface area contributed by atoms with E-state index in [4.69, 9.17) is 0 Å². The summed E-state index contributed by atoms with van der Waals surface area (Å²) in [6.07, 6.45) is 0. The molecule has 0 unspecified atom stereocenters. The maximum absolute atomic E-state index is 9.33. The van der Waals surface area contributed by atoms with Crippen LogP contribution >= 0.6 is 0 Å². The van der Waals surface area contributed by atoms with Crippen molar-refractivity contribution in [2.24, 2.45) is 0 Å². The number of benzene rings is 1. The lowest BCUT2D eigenvalue weighted by Gasteiger charge is -2.24. The first-order valence-corrected chi connectivity index (χ1v) is 5.61. The zero-order valence-corrected chi connectivity index (χ0v) is 10.7. The maximum Gasteiger partial charge on any atom is 0.0702 e. The topological polar surface area (TPSA) is 26.7 Å². The monoisotopic (exact) mass is 222 g/mol. The highest BCUT2D eigenvalue weighted by atomic mass is 16.3. The van der Waals surface area contributed by atoms with E-state index >= 15 is 0 Å². The lowest BCUT2D eigenvalue weighted by molar-refractivity contribution is 0.282. The van der Waals surface area contributed by atoms with Crippen molar-refractivity contribution in [3.05, 3.63) is 29.3 Å². The minimum atomic E-state index is 0.101. The summed E-state index contributed by atoms with van der Waals surface area (Å²) in [5.41, 5.74) is 3.31. The van der Waals surface area contributed by atoms with Crippen LogP contribution in [0.3, 0.4) is 0 Å². The van der Waals surface area contributed by atoms with E-state index in [2.05, 4.69) is 43.1 Å². The van der Waals surface area contributed by atoms with Crippen LogP contribution in [0.5, 0.6) is 0 Å². The number of rotatable bonds is 5. The maximum atomic E-state index is 9.33. The molecule has 1 N–H and O–H groups in total. The van der Waals surface area contributed by atoms with E-state index < -0.39 is 0 Å². The summed E-state index contributed by atoms with van der Waals surface area (Å²) in [7, 11) is 6.19. The predicted octanol–water partition coefficient (Wildman–Crippen LogP) is 1.49. The molecule has 1 aromatic rings. The van der Waals surface area contributed by atoms with Gasteiger partial charge in [0, 0.05) is 31.4 Å². The third-order valence-electron chi connectivity index (χ3n) is 2.70. The quantitative estimate of drug-likeness (QED) is 0.817. The Morgan fingerprint density at radius 1 is 1.12 bits per heavy atom.